The SMILES string of the molecule is N#Cc1ccc(NC(=O)c2ccc(SCCCCN)nc2)c(C(=O)OC(=O)C(F)(F)F)c1. The van der Waals surface area contributed by atoms with Crippen molar-refractivity contribution in [2.45, 2.75) is 24.0 Å². The van der Waals surface area contributed by atoms with Crippen molar-refractivity contribution in [1.29, 1.82) is 5.26 Å². The molecular formula is C20H17F3N4O4S. The predicted octanol–water partition coefficient (Wildman–Crippen LogP) is 3.28. The second-order valence-electron chi connectivity index (χ2n) is 6.23. The Labute approximate surface area is 184 Å². The molecule has 1 heterocycles. The number of nitriles is 1. The highest BCUT2D eigenvalue weighted by Gasteiger charge is 2.42. The zero-order valence-electron chi connectivity index (χ0n) is 16.4. The lowest BCUT2D eigenvalue weighted by Crippen LogP contribution is -2.28. The first-order chi connectivity index (χ1) is 15.2. The standard InChI is InChI=1S/C20H17F3N4O4S/c21-20(22,23)19(30)31-18(29)14-9-12(10-25)3-5-15(14)27-17(28)13-4-6-16(26-11-13)32-8-2-1-7-24/h3-6,9,11H,1-2,7-8,24H2,(H,27,28). The van der Waals surface area contributed by atoms with Crippen molar-refractivity contribution in [2.24, 2.45) is 5.73 Å². The molecule has 2 rings (SSSR count). The van der Waals surface area contributed by atoms with Crippen LogP contribution in [-0.2, 0) is 9.53 Å². The van der Waals surface area contributed by atoms with Crippen LogP contribution >= 0.6 is 11.8 Å². The van der Waals surface area contributed by atoms with E-state index in [2.05, 4.69) is 15.0 Å². The Kier molecular flexibility index (Phi) is 8.74. The zero-order chi connectivity index (χ0) is 23.7. The Morgan fingerprint density at radius 3 is 2.53 bits per heavy atom. The summed E-state index contributed by atoms with van der Waals surface area (Å²) in [7, 11) is 0. The van der Waals surface area contributed by atoms with Crippen molar-refractivity contribution in [2.75, 3.05) is 17.6 Å². The summed E-state index contributed by atoms with van der Waals surface area (Å²) >= 11 is 1.49. The Hall–Kier alpha value is -3.43. The third-order valence-electron chi connectivity index (χ3n) is 3.88. The summed E-state index contributed by atoms with van der Waals surface area (Å²) in [6.07, 6.45) is -2.28. The monoisotopic (exact) mass is 466 g/mol. The third kappa shape index (κ3) is 7.07. The van der Waals surface area contributed by atoms with Crippen LogP contribution in [0.15, 0.2) is 41.6 Å². The van der Waals surface area contributed by atoms with Crippen molar-refractivity contribution in [3.63, 3.8) is 0 Å². The Morgan fingerprint density at radius 1 is 1.19 bits per heavy atom. The van der Waals surface area contributed by atoms with Gasteiger partial charge in [0.2, 0.25) is 0 Å². The average Bonchev–Trinajstić information content (AvgIpc) is 2.76. The van der Waals surface area contributed by atoms with Crippen LogP contribution in [0.3, 0.4) is 0 Å². The molecule has 0 bridgehead atoms. The number of halogens is 3. The number of nitrogens with zero attached hydrogens (tertiary/aromatic N) is 2. The van der Waals surface area contributed by atoms with Gasteiger partial charge in [0, 0.05) is 6.20 Å². The van der Waals surface area contributed by atoms with Gasteiger partial charge >= 0.3 is 18.1 Å². The maximum Gasteiger partial charge on any atom is 0.491 e. The first-order valence-electron chi connectivity index (χ1n) is 9.13. The van der Waals surface area contributed by atoms with Crippen molar-refractivity contribution in [3.8, 4) is 6.07 Å². The first-order valence-corrected chi connectivity index (χ1v) is 10.1. The number of hydrogen-bond acceptors (Lipinski definition) is 8. The van der Waals surface area contributed by atoms with Gasteiger partial charge < -0.3 is 15.8 Å². The number of alkyl halides is 3. The van der Waals surface area contributed by atoms with Gasteiger partial charge in [-0.15, -0.1) is 11.8 Å². The number of benzene rings is 1. The maximum absolute atomic E-state index is 12.5. The molecule has 1 aromatic carbocycles. The molecule has 0 atom stereocenters. The number of anilines is 1. The van der Waals surface area contributed by atoms with Crippen LogP contribution in [0, 0.1) is 11.3 Å². The summed E-state index contributed by atoms with van der Waals surface area (Å²) in [6, 6.07) is 8.09. The van der Waals surface area contributed by atoms with Crippen LogP contribution in [0.4, 0.5) is 18.9 Å². The molecule has 0 saturated heterocycles. The molecule has 0 unspecified atom stereocenters. The number of unbranched alkanes of at least 4 members (excludes halogenated alkanes) is 1. The topological polar surface area (TPSA) is 135 Å². The number of carbonyl (C=O) groups excluding carboxylic acids is 3. The third-order valence-corrected chi connectivity index (χ3v) is 4.91. The van der Waals surface area contributed by atoms with Gasteiger partial charge in [0.15, 0.2) is 0 Å². The smallest absolute Gasteiger partial charge is 0.383 e. The van der Waals surface area contributed by atoms with Gasteiger partial charge in [0.05, 0.1) is 33.5 Å². The molecular weight excluding hydrogens is 449 g/mol. The minimum absolute atomic E-state index is 0.0907. The van der Waals surface area contributed by atoms with E-state index in [9.17, 15) is 27.6 Å². The fourth-order valence-corrected chi connectivity index (χ4v) is 3.16. The van der Waals surface area contributed by atoms with E-state index in [-0.39, 0.29) is 16.8 Å². The van der Waals surface area contributed by atoms with Crippen molar-refractivity contribution < 1.29 is 32.3 Å². The Balaban J connectivity index is 2.16. The lowest BCUT2D eigenvalue weighted by atomic mass is 10.1. The maximum atomic E-state index is 12.5. The average molecular weight is 466 g/mol. The number of esters is 2. The number of nitrogens with one attached hydrogen (secondary N) is 1. The van der Waals surface area contributed by atoms with E-state index in [1.54, 1.807) is 12.1 Å². The van der Waals surface area contributed by atoms with Crippen LogP contribution in [0.2, 0.25) is 0 Å². The Morgan fingerprint density at radius 2 is 1.94 bits per heavy atom. The Bertz CT molecular complexity index is 1040. The summed E-state index contributed by atoms with van der Waals surface area (Å²) < 4.78 is 41.0. The van der Waals surface area contributed by atoms with E-state index in [1.807, 2.05) is 0 Å². The van der Waals surface area contributed by atoms with Crippen LogP contribution < -0.4 is 11.1 Å². The number of ether oxygens (including phenoxy) is 1. The number of pyridine rings is 1. The summed E-state index contributed by atoms with van der Waals surface area (Å²) in [5.74, 6) is -4.28. The van der Waals surface area contributed by atoms with E-state index >= 15 is 0 Å². The molecule has 168 valence electrons. The molecule has 3 N–H and O–H groups in total. The van der Waals surface area contributed by atoms with E-state index in [4.69, 9.17) is 11.0 Å². The van der Waals surface area contributed by atoms with Gasteiger partial charge in [-0.05, 0) is 55.5 Å². The van der Waals surface area contributed by atoms with Crippen molar-refractivity contribution in [3.05, 3.63) is 53.2 Å². The summed E-state index contributed by atoms with van der Waals surface area (Å²) in [5.41, 5.74) is 4.63. The molecule has 0 fully saturated rings. The quantitative estimate of drug-likeness (QED) is 0.262. The predicted molar refractivity (Wildman–Crippen MR) is 109 cm³/mol. The minimum Gasteiger partial charge on any atom is -0.383 e. The lowest BCUT2D eigenvalue weighted by Gasteiger charge is -2.11. The molecule has 32 heavy (non-hydrogen) atoms. The first kappa shape index (κ1) is 24.8. The number of thioether (sulfide) groups is 1. The van der Waals surface area contributed by atoms with E-state index < -0.39 is 29.6 Å². The van der Waals surface area contributed by atoms with Gasteiger partial charge in [-0.3, -0.25) is 4.79 Å². The van der Waals surface area contributed by atoms with Crippen LogP contribution in [0.5, 0.6) is 0 Å². The molecule has 0 radical (unpaired) electrons. The summed E-state index contributed by atoms with van der Waals surface area (Å²) in [4.78, 5) is 39.7. The largest absolute Gasteiger partial charge is 0.491 e. The van der Waals surface area contributed by atoms with E-state index in [0.29, 0.717) is 11.6 Å². The molecule has 0 aliphatic carbocycles. The van der Waals surface area contributed by atoms with Gasteiger partial charge in [0.25, 0.3) is 5.91 Å². The molecule has 0 spiro atoms. The number of hydrogen-bond donors (Lipinski definition) is 2. The highest BCUT2D eigenvalue weighted by molar-refractivity contribution is 7.99. The lowest BCUT2D eigenvalue weighted by molar-refractivity contribution is -0.193. The van der Waals surface area contributed by atoms with Gasteiger partial charge in [-0.2, -0.15) is 18.4 Å². The highest BCUT2D eigenvalue weighted by Crippen LogP contribution is 2.23. The van der Waals surface area contributed by atoms with E-state index in [1.165, 1.54) is 30.1 Å². The molecule has 2 aromatic rings. The minimum atomic E-state index is -5.39. The number of amides is 1. The van der Waals surface area contributed by atoms with Crippen molar-refractivity contribution in [1.82, 2.24) is 4.98 Å². The fourth-order valence-electron chi connectivity index (χ4n) is 2.31. The number of aromatic nitrogens is 1. The molecule has 8 nitrogen and oxygen atoms in total. The summed E-state index contributed by atoms with van der Waals surface area (Å²) in [5, 5.41) is 12.0. The number of carbonyl (C=O) groups is 3. The van der Waals surface area contributed by atoms with Gasteiger partial charge in [0.1, 0.15) is 0 Å². The van der Waals surface area contributed by atoms with Crippen LogP contribution in [0.25, 0.3) is 0 Å². The fraction of sp³-hybridized carbons (Fsp3) is 0.250. The number of rotatable bonds is 8. The van der Waals surface area contributed by atoms with Gasteiger partial charge in [-0.1, -0.05) is 0 Å². The molecule has 1 aromatic heterocycles. The second-order valence-corrected chi connectivity index (χ2v) is 7.35. The normalized spacial score (nSPS) is 10.8. The molecule has 1 amide bonds. The molecule has 12 heteroatoms. The number of nitrogens with two attached hydrogens (primary N) is 1. The highest BCUT2D eigenvalue weighted by atomic mass is 32.2. The molecule has 0 aliphatic heterocycles. The van der Waals surface area contributed by atoms with Crippen LogP contribution in [0.1, 0.15) is 39.1 Å². The van der Waals surface area contributed by atoms with E-state index in [0.717, 1.165) is 30.7 Å². The summed E-state index contributed by atoms with van der Waals surface area (Å²) in [6.45, 7) is 0.600. The van der Waals surface area contributed by atoms with Crippen LogP contribution in [-0.4, -0.2) is 41.3 Å². The van der Waals surface area contributed by atoms with Gasteiger partial charge in [-0.25, -0.2) is 14.6 Å². The second kappa shape index (κ2) is 11.3. The molecule has 0 aliphatic rings. The van der Waals surface area contributed by atoms with Crippen molar-refractivity contribution >= 4 is 35.3 Å². The molecule has 0 saturated carbocycles. The zero-order valence-corrected chi connectivity index (χ0v) is 17.3.